The van der Waals surface area contributed by atoms with Gasteiger partial charge in [-0.2, -0.15) is 0 Å². The maximum Gasteiger partial charge on any atom is 0.223 e. The molecule has 1 aliphatic heterocycles. The lowest BCUT2D eigenvalue weighted by Crippen LogP contribution is -2.42. The zero-order chi connectivity index (χ0) is 11.3. The lowest BCUT2D eigenvalue weighted by Gasteiger charge is -2.32. The van der Waals surface area contributed by atoms with Crippen LogP contribution in [0, 0.1) is 0 Å². The van der Waals surface area contributed by atoms with Crippen LogP contribution in [0.2, 0.25) is 0 Å². The summed E-state index contributed by atoms with van der Waals surface area (Å²) >= 11 is 0. The molecule has 0 bridgehead atoms. The van der Waals surface area contributed by atoms with Gasteiger partial charge in [0.25, 0.3) is 0 Å². The summed E-state index contributed by atoms with van der Waals surface area (Å²) in [7, 11) is 3.52. The highest BCUT2D eigenvalue weighted by Crippen LogP contribution is 2.15. The van der Waals surface area contributed by atoms with E-state index in [0.29, 0.717) is 13.0 Å². The number of nitrogens with zero attached hydrogens (tertiary/aromatic N) is 2. The highest BCUT2D eigenvalue weighted by atomic mass is 16.2. The van der Waals surface area contributed by atoms with Crippen molar-refractivity contribution >= 4 is 12.2 Å². The quantitative estimate of drug-likeness (QED) is 0.638. The van der Waals surface area contributed by atoms with Gasteiger partial charge in [-0.15, -0.1) is 0 Å². The van der Waals surface area contributed by atoms with Gasteiger partial charge in [-0.1, -0.05) is 6.42 Å². The number of hydrogen-bond acceptors (Lipinski definition) is 3. The van der Waals surface area contributed by atoms with Crippen molar-refractivity contribution in [2.24, 2.45) is 0 Å². The minimum Gasteiger partial charge on any atom is -0.349 e. The number of aldehydes is 1. The molecule has 1 aliphatic rings. The highest BCUT2D eigenvalue weighted by Gasteiger charge is 2.21. The second-order valence-electron chi connectivity index (χ2n) is 4.27. The zero-order valence-corrected chi connectivity index (χ0v) is 9.61. The van der Waals surface area contributed by atoms with Crippen LogP contribution in [-0.4, -0.2) is 55.2 Å². The standard InChI is InChI=1S/C11H20N2O2/c1-12(2)11(15)6-8-13-7-4-3-5-10(13)9-14/h9-10H,3-8H2,1-2H3. The number of amides is 1. The molecular formula is C11H20N2O2. The Bertz CT molecular complexity index is 229. The summed E-state index contributed by atoms with van der Waals surface area (Å²) in [5.41, 5.74) is 0. The van der Waals surface area contributed by atoms with Crippen LogP contribution in [0.15, 0.2) is 0 Å². The topological polar surface area (TPSA) is 40.6 Å². The zero-order valence-electron chi connectivity index (χ0n) is 9.61. The van der Waals surface area contributed by atoms with Crippen LogP contribution in [0.3, 0.4) is 0 Å². The second kappa shape index (κ2) is 5.85. The van der Waals surface area contributed by atoms with Crippen LogP contribution in [-0.2, 0) is 9.59 Å². The molecule has 0 radical (unpaired) electrons. The van der Waals surface area contributed by atoms with Crippen LogP contribution in [0.5, 0.6) is 0 Å². The van der Waals surface area contributed by atoms with E-state index in [9.17, 15) is 9.59 Å². The first-order valence-electron chi connectivity index (χ1n) is 5.54. The summed E-state index contributed by atoms with van der Waals surface area (Å²) in [6.07, 6.45) is 4.73. The van der Waals surface area contributed by atoms with E-state index < -0.39 is 0 Å². The predicted octanol–water partition coefficient (Wildman–Crippen LogP) is 0.518. The van der Waals surface area contributed by atoms with E-state index >= 15 is 0 Å². The lowest BCUT2D eigenvalue weighted by atomic mass is 10.0. The molecule has 1 rings (SSSR count). The maximum absolute atomic E-state index is 11.4. The average molecular weight is 212 g/mol. The minimum absolute atomic E-state index is 0.0358. The molecule has 4 nitrogen and oxygen atoms in total. The number of piperidine rings is 1. The van der Waals surface area contributed by atoms with Crippen LogP contribution in [0.4, 0.5) is 0 Å². The van der Waals surface area contributed by atoms with Gasteiger partial charge >= 0.3 is 0 Å². The SMILES string of the molecule is CN(C)C(=O)CCN1CCCCC1C=O. The van der Waals surface area contributed by atoms with Gasteiger partial charge in [0.1, 0.15) is 6.29 Å². The maximum atomic E-state index is 11.4. The normalized spacial score (nSPS) is 22.4. The fourth-order valence-corrected chi connectivity index (χ4v) is 1.91. The van der Waals surface area contributed by atoms with Gasteiger partial charge in [0.2, 0.25) is 5.91 Å². The molecule has 1 unspecified atom stereocenters. The summed E-state index contributed by atoms with van der Waals surface area (Å²) in [6.45, 7) is 1.66. The number of rotatable bonds is 4. The minimum atomic E-state index is 0.0358. The fraction of sp³-hybridized carbons (Fsp3) is 0.818. The first-order valence-corrected chi connectivity index (χ1v) is 5.54. The molecule has 0 N–H and O–H groups in total. The monoisotopic (exact) mass is 212 g/mol. The summed E-state index contributed by atoms with van der Waals surface area (Å²) in [5.74, 6) is 0.130. The molecule has 1 saturated heterocycles. The summed E-state index contributed by atoms with van der Waals surface area (Å²) in [6, 6.07) is 0.0358. The van der Waals surface area contributed by atoms with Gasteiger partial charge in [-0.05, 0) is 19.4 Å². The van der Waals surface area contributed by atoms with Crippen molar-refractivity contribution in [1.82, 2.24) is 9.80 Å². The Hall–Kier alpha value is -0.900. The third-order valence-electron chi connectivity index (χ3n) is 2.93. The average Bonchev–Trinajstić information content (AvgIpc) is 2.26. The number of carbonyl (C=O) groups is 2. The van der Waals surface area contributed by atoms with Gasteiger partial charge in [-0.25, -0.2) is 0 Å². The van der Waals surface area contributed by atoms with E-state index in [2.05, 4.69) is 4.90 Å². The molecule has 0 aromatic rings. The van der Waals surface area contributed by atoms with Gasteiger partial charge in [0.05, 0.1) is 6.04 Å². The van der Waals surface area contributed by atoms with E-state index in [1.54, 1.807) is 19.0 Å². The molecular weight excluding hydrogens is 192 g/mol. The van der Waals surface area contributed by atoms with Crippen molar-refractivity contribution in [2.75, 3.05) is 27.2 Å². The molecule has 0 aromatic heterocycles. The van der Waals surface area contributed by atoms with Crippen molar-refractivity contribution in [1.29, 1.82) is 0 Å². The molecule has 0 aromatic carbocycles. The summed E-state index contributed by atoms with van der Waals surface area (Å²) in [5, 5.41) is 0. The van der Waals surface area contributed by atoms with Crippen LogP contribution in [0.1, 0.15) is 25.7 Å². The molecule has 15 heavy (non-hydrogen) atoms. The molecule has 1 fully saturated rings. The predicted molar refractivity (Wildman–Crippen MR) is 58.6 cm³/mol. The second-order valence-corrected chi connectivity index (χ2v) is 4.27. The Morgan fingerprint density at radius 3 is 2.80 bits per heavy atom. The lowest BCUT2D eigenvalue weighted by molar-refractivity contribution is -0.129. The van der Waals surface area contributed by atoms with Gasteiger partial charge < -0.3 is 9.69 Å². The molecule has 0 saturated carbocycles. The van der Waals surface area contributed by atoms with E-state index in [1.165, 1.54) is 0 Å². The molecule has 1 atom stereocenters. The molecule has 1 heterocycles. The third kappa shape index (κ3) is 3.63. The Kier molecular flexibility index (Phi) is 4.75. The van der Waals surface area contributed by atoms with Gasteiger partial charge in [0, 0.05) is 27.1 Å². The smallest absolute Gasteiger partial charge is 0.223 e. The molecule has 0 spiro atoms. The van der Waals surface area contributed by atoms with Crippen molar-refractivity contribution in [3.05, 3.63) is 0 Å². The first-order chi connectivity index (χ1) is 7.15. The van der Waals surface area contributed by atoms with Gasteiger partial charge in [0.15, 0.2) is 0 Å². The highest BCUT2D eigenvalue weighted by molar-refractivity contribution is 5.75. The van der Waals surface area contributed by atoms with Crippen molar-refractivity contribution in [3.63, 3.8) is 0 Å². The summed E-state index contributed by atoms with van der Waals surface area (Å²) in [4.78, 5) is 25.9. The third-order valence-corrected chi connectivity index (χ3v) is 2.93. The van der Waals surface area contributed by atoms with Gasteiger partial charge in [-0.3, -0.25) is 9.69 Å². The molecule has 86 valence electrons. The van der Waals surface area contributed by atoms with Crippen molar-refractivity contribution < 1.29 is 9.59 Å². The fourth-order valence-electron chi connectivity index (χ4n) is 1.91. The van der Waals surface area contributed by atoms with E-state index in [-0.39, 0.29) is 11.9 Å². The molecule has 4 heteroatoms. The van der Waals surface area contributed by atoms with Crippen molar-refractivity contribution in [3.8, 4) is 0 Å². The number of carbonyl (C=O) groups excluding carboxylic acids is 2. The Balaban J connectivity index is 2.35. The first kappa shape index (κ1) is 12.2. The van der Waals surface area contributed by atoms with Crippen molar-refractivity contribution in [2.45, 2.75) is 31.7 Å². The largest absolute Gasteiger partial charge is 0.349 e. The van der Waals surface area contributed by atoms with Crippen LogP contribution in [0.25, 0.3) is 0 Å². The Morgan fingerprint density at radius 1 is 1.47 bits per heavy atom. The summed E-state index contributed by atoms with van der Waals surface area (Å²) < 4.78 is 0. The van der Waals surface area contributed by atoms with E-state index in [1.807, 2.05) is 0 Å². The van der Waals surface area contributed by atoms with E-state index in [4.69, 9.17) is 0 Å². The molecule has 0 aliphatic carbocycles. The van der Waals surface area contributed by atoms with Crippen LogP contribution < -0.4 is 0 Å². The Labute approximate surface area is 91.2 Å². The number of hydrogen-bond donors (Lipinski definition) is 0. The van der Waals surface area contributed by atoms with E-state index in [0.717, 1.165) is 32.1 Å². The molecule has 1 amide bonds. The number of likely N-dealkylation sites (tertiary alicyclic amines) is 1. The van der Waals surface area contributed by atoms with Crippen LogP contribution >= 0.6 is 0 Å². The Morgan fingerprint density at radius 2 is 2.20 bits per heavy atom.